The highest BCUT2D eigenvalue weighted by Gasteiger charge is 2.23. The van der Waals surface area contributed by atoms with Gasteiger partial charge in [-0.3, -0.25) is 29.3 Å². The van der Waals surface area contributed by atoms with Crippen LogP contribution >= 0.6 is 0 Å². The third-order valence-corrected chi connectivity index (χ3v) is 5.17. The van der Waals surface area contributed by atoms with Crippen molar-refractivity contribution in [2.24, 2.45) is 5.92 Å². The molecule has 3 rings (SSSR count). The van der Waals surface area contributed by atoms with Gasteiger partial charge in [-0.2, -0.15) is 0 Å². The summed E-state index contributed by atoms with van der Waals surface area (Å²) in [4.78, 5) is 42.8. The van der Waals surface area contributed by atoms with E-state index in [0.29, 0.717) is 11.5 Å². The molecule has 1 aromatic heterocycles. The zero-order chi connectivity index (χ0) is 23.3. The number of esters is 1. The van der Waals surface area contributed by atoms with Crippen molar-refractivity contribution in [3.63, 3.8) is 0 Å². The van der Waals surface area contributed by atoms with Crippen molar-refractivity contribution in [1.29, 1.82) is 0 Å². The van der Waals surface area contributed by atoms with Gasteiger partial charge in [0.1, 0.15) is 0 Å². The third kappa shape index (κ3) is 8.43. The molecular weight excluding hydrogens is 412 g/mol. The van der Waals surface area contributed by atoms with Gasteiger partial charge < -0.3 is 15.2 Å². The lowest BCUT2D eigenvalue weighted by atomic mass is 9.98. The van der Waals surface area contributed by atoms with Crippen LogP contribution < -0.4 is 5.32 Å². The molecule has 1 fully saturated rings. The first-order valence-electron chi connectivity index (χ1n) is 10.5. The molecule has 2 heterocycles. The summed E-state index contributed by atoms with van der Waals surface area (Å²) in [5.74, 6) is 0.0977. The van der Waals surface area contributed by atoms with Gasteiger partial charge in [0.05, 0.1) is 24.9 Å². The molecule has 9 nitrogen and oxygen atoms in total. The maximum absolute atomic E-state index is 12.1. The fraction of sp³-hybridized carbons (Fsp3) is 0.435. The van der Waals surface area contributed by atoms with Crippen molar-refractivity contribution in [2.75, 3.05) is 26.7 Å². The van der Waals surface area contributed by atoms with Gasteiger partial charge in [0.2, 0.25) is 0 Å². The highest BCUT2D eigenvalue weighted by molar-refractivity contribution is 5.94. The highest BCUT2D eigenvalue weighted by atomic mass is 16.5. The molecule has 0 spiro atoms. The minimum Gasteiger partial charge on any atom is -0.483 e. The standard InChI is InChI=1S/C22H28N4O3.CH2O2/c1-16-12-25-20(13-24-16)15-26-10-8-18(14-26)11-17-3-5-19(6-4-17)22(28)23-9-7-21(27)29-2;2-1-3/h3-6,12-13,18H,7-11,14-15H2,1-2H3,(H,23,28);1H,(H,2,3). The lowest BCUT2D eigenvalue weighted by Crippen LogP contribution is -2.26. The predicted octanol–water partition coefficient (Wildman–Crippen LogP) is 1.84. The topological polar surface area (TPSA) is 122 Å². The van der Waals surface area contributed by atoms with E-state index in [1.807, 2.05) is 43.6 Å². The van der Waals surface area contributed by atoms with E-state index in [-0.39, 0.29) is 31.3 Å². The first kappa shape index (κ1) is 24.9. The van der Waals surface area contributed by atoms with Crippen molar-refractivity contribution in [3.8, 4) is 0 Å². The van der Waals surface area contributed by atoms with Crippen molar-refractivity contribution in [1.82, 2.24) is 20.2 Å². The van der Waals surface area contributed by atoms with Crippen LogP contribution in [0.3, 0.4) is 0 Å². The Bertz CT molecular complexity index is 871. The summed E-state index contributed by atoms with van der Waals surface area (Å²) in [5, 5.41) is 9.62. The molecule has 9 heteroatoms. The summed E-state index contributed by atoms with van der Waals surface area (Å²) in [7, 11) is 1.34. The highest BCUT2D eigenvalue weighted by Crippen LogP contribution is 2.22. The summed E-state index contributed by atoms with van der Waals surface area (Å²) >= 11 is 0. The summed E-state index contributed by atoms with van der Waals surface area (Å²) in [6, 6.07) is 7.72. The normalized spacial score (nSPS) is 15.4. The maximum atomic E-state index is 12.1. The van der Waals surface area contributed by atoms with Crippen LogP contribution in [0.4, 0.5) is 0 Å². The third-order valence-electron chi connectivity index (χ3n) is 5.17. The van der Waals surface area contributed by atoms with E-state index in [1.165, 1.54) is 12.7 Å². The fourth-order valence-corrected chi connectivity index (χ4v) is 3.56. The van der Waals surface area contributed by atoms with Gasteiger partial charge in [0.15, 0.2) is 0 Å². The summed E-state index contributed by atoms with van der Waals surface area (Å²) < 4.78 is 4.56. The molecule has 1 aromatic carbocycles. The summed E-state index contributed by atoms with van der Waals surface area (Å²) in [6.45, 7) is 4.93. The van der Waals surface area contributed by atoms with Crippen LogP contribution in [0.2, 0.25) is 0 Å². The molecule has 32 heavy (non-hydrogen) atoms. The van der Waals surface area contributed by atoms with Crippen LogP contribution in [0.15, 0.2) is 36.7 Å². The Balaban J connectivity index is 0.00000114. The molecule has 2 N–H and O–H groups in total. The Kier molecular flexibility index (Phi) is 10.3. The van der Waals surface area contributed by atoms with Crippen molar-refractivity contribution >= 4 is 18.3 Å². The number of hydrogen-bond acceptors (Lipinski definition) is 7. The van der Waals surface area contributed by atoms with E-state index in [2.05, 4.69) is 24.9 Å². The number of nitrogens with one attached hydrogen (secondary N) is 1. The molecule has 1 unspecified atom stereocenters. The van der Waals surface area contributed by atoms with E-state index >= 15 is 0 Å². The van der Waals surface area contributed by atoms with Gasteiger partial charge in [-0.25, -0.2) is 0 Å². The molecule has 2 aromatic rings. The number of likely N-dealkylation sites (tertiary alicyclic amines) is 1. The minimum atomic E-state index is -0.333. The molecule has 0 bridgehead atoms. The first-order chi connectivity index (χ1) is 15.4. The number of nitrogens with zero attached hydrogens (tertiary/aromatic N) is 3. The zero-order valence-electron chi connectivity index (χ0n) is 18.5. The number of methoxy groups -OCH3 is 1. The van der Waals surface area contributed by atoms with Gasteiger partial charge in [0.25, 0.3) is 12.4 Å². The molecule has 172 valence electrons. The second-order valence-corrected chi connectivity index (χ2v) is 7.63. The monoisotopic (exact) mass is 442 g/mol. The second-order valence-electron chi connectivity index (χ2n) is 7.63. The molecule has 1 saturated heterocycles. The van der Waals surface area contributed by atoms with Crippen LogP contribution in [0.1, 0.15) is 40.2 Å². The van der Waals surface area contributed by atoms with Gasteiger partial charge in [-0.05, 0) is 49.9 Å². The predicted molar refractivity (Wildman–Crippen MR) is 118 cm³/mol. The zero-order valence-corrected chi connectivity index (χ0v) is 18.5. The minimum absolute atomic E-state index is 0.173. The Morgan fingerprint density at radius 1 is 1.25 bits per heavy atom. The Labute approximate surface area is 187 Å². The molecule has 1 aliphatic heterocycles. The quantitative estimate of drug-likeness (QED) is 0.469. The smallest absolute Gasteiger partial charge is 0.307 e. The number of rotatable bonds is 8. The van der Waals surface area contributed by atoms with E-state index in [9.17, 15) is 9.59 Å². The lowest BCUT2D eigenvalue weighted by molar-refractivity contribution is -0.140. The summed E-state index contributed by atoms with van der Waals surface area (Å²) in [5.41, 5.74) is 3.79. The average molecular weight is 443 g/mol. The number of carbonyl (C=O) groups excluding carboxylic acids is 2. The Hall–Kier alpha value is -3.33. The summed E-state index contributed by atoms with van der Waals surface area (Å²) in [6.07, 6.45) is 6.01. The first-order valence-corrected chi connectivity index (χ1v) is 10.5. The fourth-order valence-electron chi connectivity index (χ4n) is 3.56. The van der Waals surface area contributed by atoms with E-state index in [0.717, 1.165) is 43.9 Å². The van der Waals surface area contributed by atoms with Crippen LogP contribution in [-0.4, -0.2) is 65.1 Å². The Morgan fingerprint density at radius 3 is 2.59 bits per heavy atom. The van der Waals surface area contributed by atoms with Gasteiger partial charge in [-0.15, -0.1) is 0 Å². The van der Waals surface area contributed by atoms with E-state index in [1.54, 1.807) is 0 Å². The second kappa shape index (κ2) is 13.2. The number of amides is 1. The number of benzene rings is 1. The van der Waals surface area contributed by atoms with Crippen molar-refractivity contribution in [2.45, 2.75) is 32.7 Å². The van der Waals surface area contributed by atoms with Gasteiger partial charge in [-0.1, -0.05) is 12.1 Å². The Morgan fingerprint density at radius 2 is 1.97 bits per heavy atom. The van der Waals surface area contributed by atoms with Crippen LogP contribution in [-0.2, 0) is 27.3 Å². The average Bonchev–Trinajstić information content (AvgIpc) is 3.22. The molecule has 0 radical (unpaired) electrons. The molecule has 0 aliphatic carbocycles. The number of aromatic nitrogens is 2. The molecule has 1 amide bonds. The van der Waals surface area contributed by atoms with Crippen molar-refractivity contribution in [3.05, 3.63) is 59.2 Å². The van der Waals surface area contributed by atoms with E-state index < -0.39 is 0 Å². The van der Waals surface area contributed by atoms with Crippen molar-refractivity contribution < 1.29 is 24.2 Å². The molecule has 1 aliphatic rings. The number of hydrogen-bond donors (Lipinski definition) is 2. The largest absolute Gasteiger partial charge is 0.483 e. The van der Waals surface area contributed by atoms with Crippen LogP contribution in [0.5, 0.6) is 0 Å². The van der Waals surface area contributed by atoms with Crippen LogP contribution in [0, 0.1) is 12.8 Å². The number of carbonyl (C=O) groups is 3. The number of carboxylic acid groups (broad SMARTS) is 1. The number of ether oxygens (including phenoxy) is 1. The molecule has 1 atom stereocenters. The number of aryl methyl sites for hydroxylation is 1. The molecular formula is C23H30N4O5. The van der Waals surface area contributed by atoms with Crippen LogP contribution in [0.25, 0.3) is 0 Å². The lowest BCUT2D eigenvalue weighted by Gasteiger charge is -2.15. The van der Waals surface area contributed by atoms with Gasteiger partial charge >= 0.3 is 5.97 Å². The maximum Gasteiger partial charge on any atom is 0.307 e. The molecule has 0 saturated carbocycles. The van der Waals surface area contributed by atoms with Gasteiger partial charge in [0, 0.05) is 37.6 Å². The van der Waals surface area contributed by atoms with E-state index in [4.69, 9.17) is 9.90 Å². The SMILES string of the molecule is COC(=O)CCNC(=O)c1ccc(CC2CCN(Cc3cnc(C)cn3)C2)cc1.O=CO.